The summed E-state index contributed by atoms with van der Waals surface area (Å²) in [5.41, 5.74) is 4.97. The number of ether oxygens (including phenoxy) is 1. The summed E-state index contributed by atoms with van der Waals surface area (Å²) in [5, 5.41) is 2.26. The first-order valence-electron chi connectivity index (χ1n) is 10.3. The van der Waals surface area contributed by atoms with E-state index in [0.717, 1.165) is 32.9 Å². The summed E-state index contributed by atoms with van der Waals surface area (Å²) in [4.78, 5) is 22.0. The highest BCUT2D eigenvalue weighted by molar-refractivity contribution is 5.95. The maximum Gasteiger partial charge on any atom is 0.254 e. The number of rotatable bonds is 6. The molecule has 0 radical (unpaired) electrons. The van der Waals surface area contributed by atoms with Crippen LogP contribution < -0.4 is 4.74 Å². The van der Waals surface area contributed by atoms with Gasteiger partial charge < -0.3 is 19.6 Å². The van der Waals surface area contributed by atoms with Gasteiger partial charge in [0, 0.05) is 52.9 Å². The van der Waals surface area contributed by atoms with Gasteiger partial charge in [0.2, 0.25) is 0 Å². The Morgan fingerprint density at radius 1 is 0.806 bits per heavy atom. The van der Waals surface area contributed by atoms with Crippen molar-refractivity contribution in [3.05, 3.63) is 102 Å². The maximum absolute atomic E-state index is 13.6. The maximum atomic E-state index is 13.6. The molecule has 5 heteroatoms. The average Bonchev–Trinajstić information content (AvgIpc) is 3.48. The number of carbonyl (C=O) groups is 1. The molecule has 31 heavy (non-hydrogen) atoms. The van der Waals surface area contributed by atoms with Crippen LogP contribution in [0.5, 0.6) is 5.75 Å². The third kappa shape index (κ3) is 3.66. The highest BCUT2D eigenvalue weighted by atomic mass is 16.5. The van der Waals surface area contributed by atoms with Gasteiger partial charge in [-0.05, 0) is 53.6 Å². The Morgan fingerprint density at radius 3 is 1.97 bits per heavy atom. The summed E-state index contributed by atoms with van der Waals surface area (Å²) in [6.07, 6.45) is 3.87. The highest BCUT2D eigenvalue weighted by Gasteiger charge is 2.19. The second kappa shape index (κ2) is 8.03. The lowest BCUT2D eigenvalue weighted by Crippen LogP contribution is -2.30. The number of amides is 1. The zero-order valence-corrected chi connectivity index (χ0v) is 17.3. The van der Waals surface area contributed by atoms with Crippen molar-refractivity contribution in [1.82, 2.24) is 14.9 Å². The molecule has 0 bridgehead atoms. The van der Waals surface area contributed by atoms with Crippen molar-refractivity contribution < 1.29 is 9.53 Å². The van der Waals surface area contributed by atoms with Gasteiger partial charge in [0.15, 0.2) is 0 Å². The molecule has 0 atom stereocenters. The van der Waals surface area contributed by atoms with Crippen molar-refractivity contribution in [1.29, 1.82) is 0 Å². The van der Waals surface area contributed by atoms with E-state index in [1.54, 1.807) is 13.2 Å². The van der Waals surface area contributed by atoms with E-state index >= 15 is 0 Å². The van der Waals surface area contributed by atoms with Crippen molar-refractivity contribution in [2.45, 2.75) is 13.1 Å². The van der Waals surface area contributed by atoms with Gasteiger partial charge in [0.25, 0.3) is 5.91 Å². The Labute approximate surface area is 180 Å². The van der Waals surface area contributed by atoms with Gasteiger partial charge in [-0.15, -0.1) is 0 Å². The Kier molecular flexibility index (Phi) is 4.92. The van der Waals surface area contributed by atoms with Gasteiger partial charge in [0.1, 0.15) is 5.75 Å². The number of nitrogens with zero attached hydrogens (tertiary/aromatic N) is 1. The molecule has 2 heterocycles. The zero-order chi connectivity index (χ0) is 21.2. The molecule has 1 amide bonds. The smallest absolute Gasteiger partial charge is 0.254 e. The van der Waals surface area contributed by atoms with E-state index in [-0.39, 0.29) is 5.91 Å². The van der Waals surface area contributed by atoms with E-state index in [4.69, 9.17) is 4.74 Å². The fourth-order valence-electron chi connectivity index (χ4n) is 4.13. The summed E-state index contributed by atoms with van der Waals surface area (Å²) in [7, 11) is 1.61. The fraction of sp³-hybridized carbons (Fsp3) is 0.115. The normalized spacial score (nSPS) is 11.1. The molecule has 5 aromatic rings. The van der Waals surface area contributed by atoms with E-state index in [1.807, 2.05) is 59.8 Å². The molecule has 154 valence electrons. The molecular formula is C26H23N3O2. The average molecular weight is 409 g/mol. The van der Waals surface area contributed by atoms with Crippen LogP contribution in [0.25, 0.3) is 21.8 Å². The monoisotopic (exact) mass is 409 g/mol. The van der Waals surface area contributed by atoms with Crippen LogP contribution in [0.3, 0.4) is 0 Å². The lowest BCUT2D eigenvalue weighted by atomic mass is 10.1. The molecule has 0 aliphatic carbocycles. The number of carbonyl (C=O) groups excluding carboxylic acids is 1. The number of fused-ring (bicyclic) bond motifs is 2. The van der Waals surface area contributed by atoms with Crippen LogP contribution in [0.2, 0.25) is 0 Å². The van der Waals surface area contributed by atoms with Crippen LogP contribution in [0.4, 0.5) is 0 Å². The minimum atomic E-state index is -0.0287. The highest BCUT2D eigenvalue weighted by Crippen LogP contribution is 2.25. The van der Waals surface area contributed by atoms with Crippen molar-refractivity contribution in [2.24, 2.45) is 0 Å². The summed E-state index contributed by atoms with van der Waals surface area (Å²) in [6.45, 7) is 1.01. The first kappa shape index (κ1) is 19.0. The Bertz CT molecular complexity index is 1290. The van der Waals surface area contributed by atoms with Crippen LogP contribution in [-0.4, -0.2) is 27.9 Å². The summed E-state index contributed by atoms with van der Waals surface area (Å²) >= 11 is 0. The number of aromatic nitrogens is 2. The molecule has 2 N–H and O–H groups in total. The Balaban J connectivity index is 1.55. The third-order valence-electron chi connectivity index (χ3n) is 5.70. The minimum absolute atomic E-state index is 0.0287. The van der Waals surface area contributed by atoms with Gasteiger partial charge in [0.05, 0.1) is 7.11 Å². The molecule has 5 nitrogen and oxygen atoms in total. The standard InChI is InChI=1S/C26H23N3O2/c1-31-21-8-2-5-18(15-21)26(30)29(16-19-6-3-9-24-22(19)11-13-27-24)17-20-7-4-10-25-23(20)12-14-28-25/h2-15,27-28H,16-17H2,1H3. The molecule has 0 aliphatic heterocycles. The summed E-state index contributed by atoms with van der Waals surface area (Å²) in [5.74, 6) is 0.644. The second-order valence-electron chi connectivity index (χ2n) is 7.61. The summed E-state index contributed by atoms with van der Waals surface area (Å²) in [6, 6.07) is 23.8. The molecule has 2 aromatic heterocycles. The topological polar surface area (TPSA) is 61.1 Å². The van der Waals surface area contributed by atoms with Gasteiger partial charge in [-0.2, -0.15) is 0 Å². The SMILES string of the molecule is COc1cccc(C(=O)N(Cc2cccc3[nH]ccc23)Cc2cccc3[nH]ccc23)c1. The van der Waals surface area contributed by atoms with Crippen LogP contribution >= 0.6 is 0 Å². The zero-order valence-electron chi connectivity index (χ0n) is 17.3. The molecule has 0 unspecified atom stereocenters. The minimum Gasteiger partial charge on any atom is -0.497 e. The summed E-state index contributed by atoms with van der Waals surface area (Å²) < 4.78 is 5.34. The lowest BCUT2D eigenvalue weighted by molar-refractivity contribution is 0.0731. The van der Waals surface area contributed by atoms with Crippen LogP contribution in [0.1, 0.15) is 21.5 Å². The van der Waals surface area contributed by atoms with E-state index in [2.05, 4.69) is 34.2 Å². The fourth-order valence-corrected chi connectivity index (χ4v) is 4.13. The van der Waals surface area contributed by atoms with E-state index < -0.39 is 0 Å². The molecule has 0 saturated carbocycles. The number of benzene rings is 3. The van der Waals surface area contributed by atoms with E-state index in [1.165, 1.54) is 0 Å². The van der Waals surface area contributed by atoms with E-state index in [9.17, 15) is 4.79 Å². The second-order valence-corrected chi connectivity index (χ2v) is 7.61. The van der Waals surface area contributed by atoms with Crippen molar-refractivity contribution in [2.75, 3.05) is 7.11 Å². The molecule has 3 aromatic carbocycles. The van der Waals surface area contributed by atoms with Crippen molar-refractivity contribution >= 4 is 27.7 Å². The Morgan fingerprint density at radius 2 is 1.39 bits per heavy atom. The Hall–Kier alpha value is -3.99. The number of H-pyrrole nitrogens is 2. The quantitative estimate of drug-likeness (QED) is 0.389. The van der Waals surface area contributed by atoms with Gasteiger partial charge >= 0.3 is 0 Å². The lowest BCUT2D eigenvalue weighted by Gasteiger charge is -2.24. The molecular weight excluding hydrogens is 386 g/mol. The number of aromatic amines is 2. The first-order chi connectivity index (χ1) is 15.2. The number of methoxy groups -OCH3 is 1. The predicted octanol–water partition coefficient (Wildman–Crippen LogP) is 5.50. The van der Waals surface area contributed by atoms with Crippen molar-refractivity contribution in [3.63, 3.8) is 0 Å². The molecule has 0 saturated heterocycles. The van der Waals surface area contributed by atoms with Gasteiger partial charge in [-0.3, -0.25) is 4.79 Å². The first-order valence-corrected chi connectivity index (χ1v) is 10.3. The number of nitrogens with one attached hydrogen (secondary N) is 2. The van der Waals surface area contributed by atoms with Gasteiger partial charge in [-0.1, -0.05) is 30.3 Å². The number of hydrogen-bond acceptors (Lipinski definition) is 2. The third-order valence-corrected chi connectivity index (χ3v) is 5.70. The number of hydrogen-bond donors (Lipinski definition) is 2. The van der Waals surface area contributed by atoms with Gasteiger partial charge in [-0.25, -0.2) is 0 Å². The predicted molar refractivity (Wildman–Crippen MR) is 123 cm³/mol. The van der Waals surface area contributed by atoms with Crippen LogP contribution in [-0.2, 0) is 13.1 Å². The largest absolute Gasteiger partial charge is 0.497 e. The van der Waals surface area contributed by atoms with Crippen LogP contribution in [0.15, 0.2) is 85.2 Å². The molecule has 0 fully saturated rings. The van der Waals surface area contributed by atoms with Crippen molar-refractivity contribution in [3.8, 4) is 5.75 Å². The van der Waals surface area contributed by atoms with Crippen LogP contribution in [0, 0.1) is 0 Å². The molecule has 0 aliphatic rings. The molecule has 0 spiro atoms. The molecule has 5 rings (SSSR count). The van der Waals surface area contributed by atoms with E-state index in [0.29, 0.717) is 24.4 Å².